The number of rotatable bonds is 6. The Morgan fingerprint density at radius 3 is 2.46 bits per heavy atom. The smallest absolute Gasteiger partial charge is 0.201 e. The fourth-order valence-electron chi connectivity index (χ4n) is 3.27. The summed E-state index contributed by atoms with van der Waals surface area (Å²) in [6, 6.07) is 3.20. The quantitative estimate of drug-likeness (QED) is 0.513. The molecule has 134 valence electrons. The maximum atomic E-state index is 14.5. The zero-order chi connectivity index (χ0) is 17.7. The molecule has 2 rings (SSSR count). The number of hydrogen-bond donors (Lipinski definition) is 0. The van der Waals surface area contributed by atoms with Gasteiger partial charge in [0.05, 0.1) is 0 Å². The summed E-state index contributed by atoms with van der Waals surface area (Å²) >= 11 is 0. The highest BCUT2D eigenvalue weighted by molar-refractivity contribution is 5.67. The van der Waals surface area contributed by atoms with Crippen LogP contribution in [0.2, 0.25) is 0 Å². The number of allylic oxidation sites excluding steroid dienone is 2. The predicted octanol–water partition coefficient (Wildman–Crippen LogP) is 6.91. The first-order chi connectivity index (χ1) is 11.3. The first kappa shape index (κ1) is 19.0. The summed E-state index contributed by atoms with van der Waals surface area (Å²) in [6.07, 6.45) is 9.99. The van der Waals surface area contributed by atoms with Crippen molar-refractivity contribution in [1.29, 1.82) is 0 Å². The second-order valence-corrected chi connectivity index (χ2v) is 7.82. The minimum Gasteiger partial charge on any atom is -0.485 e. The van der Waals surface area contributed by atoms with Gasteiger partial charge in [0.15, 0.2) is 11.6 Å². The molecule has 1 atom stereocenters. The van der Waals surface area contributed by atoms with E-state index in [0.717, 1.165) is 24.8 Å². The lowest BCUT2D eigenvalue weighted by molar-refractivity contribution is 0.123. The van der Waals surface area contributed by atoms with Gasteiger partial charge < -0.3 is 4.74 Å². The van der Waals surface area contributed by atoms with Gasteiger partial charge in [-0.1, -0.05) is 38.7 Å². The molecule has 1 unspecified atom stereocenters. The van der Waals surface area contributed by atoms with Crippen molar-refractivity contribution in [3.63, 3.8) is 0 Å². The van der Waals surface area contributed by atoms with Crippen LogP contribution in [0.15, 0.2) is 18.2 Å². The molecule has 0 aromatic heterocycles. The zero-order valence-electron chi connectivity index (χ0n) is 15.4. The Bertz CT molecular complexity index is 584. The van der Waals surface area contributed by atoms with Crippen LogP contribution in [0, 0.1) is 17.6 Å². The molecule has 1 aliphatic carbocycles. The summed E-state index contributed by atoms with van der Waals surface area (Å²) in [5.74, 6) is -0.991. The fourth-order valence-corrected chi connectivity index (χ4v) is 3.27. The third-order valence-corrected chi connectivity index (χ3v) is 4.54. The first-order valence-electron chi connectivity index (χ1n) is 9.18. The lowest BCUT2D eigenvalue weighted by Gasteiger charge is -2.24. The van der Waals surface area contributed by atoms with E-state index in [4.69, 9.17) is 4.74 Å². The number of unbranched alkanes of at least 4 members (excludes halogenated alkanes) is 2. The number of benzene rings is 1. The molecule has 1 nitrogen and oxygen atoms in total. The van der Waals surface area contributed by atoms with Gasteiger partial charge in [-0.3, -0.25) is 0 Å². The van der Waals surface area contributed by atoms with Gasteiger partial charge in [0.1, 0.15) is 5.60 Å². The largest absolute Gasteiger partial charge is 0.485 e. The molecule has 0 saturated carbocycles. The number of ether oxygens (including phenoxy) is 1. The molecule has 1 aromatic rings. The van der Waals surface area contributed by atoms with Gasteiger partial charge in [0, 0.05) is 5.56 Å². The molecule has 1 aromatic carbocycles. The van der Waals surface area contributed by atoms with Gasteiger partial charge in [-0.25, -0.2) is 4.39 Å². The van der Waals surface area contributed by atoms with Crippen molar-refractivity contribution in [3.05, 3.63) is 35.4 Å². The highest BCUT2D eigenvalue weighted by Gasteiger charge is 2.23. The van der Waals surface area contributed by atoms with E-state index in [2.05, 4.69) is 13.0 Å². The predicted molar refractivity (Wildman–Crippen MR) is 96.2 cm³/mol. The van der Waals surface area contributed by atoms with Crippen molar-refractivity contribution >= 4 is 5.57 Å². The van der Waals surface area contributed by atoms with Gasteiger partial charge in [0.2, 0.25) is 5.82 Å². The molecular weight excluding hydrogens is 306 g/mol. The Kier molecular flexibility index (Phi) is 6.42. The van der Waals surface area contributed by atoms with Crippen LogP contribution in [0.25, 0.3) is 5.57 Å². The molecule has 0 fully saturated rings. The van der Waals surface area contributed by atoms with Crippen molar-refractivity contribution < 1.29 is 13.5 Å². The van der Waals surface area contributed by atoms with Crippen molar-refractivity contribution in [2.45, 2.75) is 78.2 Å². The van der Waals surface area contributed by atoms with Crippen LogP contribution in [0.4, 0.5) is 8.78 Å². The Balaban J connectivity index is 2.09. The molecule has 3 heteroatoms. The van der Waals surface area contributed by atoms with Gasteiger partial charge in [-0.15, -0.1) is 0 Å². The van der Waals surface area contributed by atoms with E-state index in [-0.39, 0.29) is 5.75 Å². The molecule has 0 N–H and O–H groups in total. The van der Waals surface area contributed by atoms with Gasteiger partial charge in [0.25, 0.3) is 0 Å². The molecule has 0 radical (unpaired) electrons. The topological polar surface area (TPSA) is 9.23 Å². The van der Waals surface area contributed by atoms with Gasteiger partial charge >= 0.3 is 0 Å². The zero-order valence-corrected chi connectivity index (χ0v) is 15.4. The van der Waals surface area contributed by atoms with Gasteiger partial charge in [-0.05, 0) is 63.7 Å². The number of hydrogen-bond acceptors (Lipinski definition) is 1. The van der Waals surface area contributed by atoms with Crippen molar-refractivity contribution in [3.8, 4) is 5.75 Å². The van der Waals surface area contributed by atoms with Gasteiger partial charge in [-0.2, -0.15) is 4.39 Å². The van der Waals surface area contributed by atoms with Crippen LogP contribution >= 0.6 is 0 Å². The maximum absolute atomic E-state index is 14.5. The SMILES string of the molecule is CCCCCC1CC=C(c2ccc(OC(C)(C)C)c(F)c2F)CC1. The average molecular weight is 336 g/mol. The number of halogens is 2. The van der Waals surface area contributed by atoms with Crippen molar-refractivity contribution in [2.75, 3.05) is 0 Å². The highest BCUT2D eigenvalue weighted by atomic mass is 19.2. The summed E-state index contributed by atoms with van der Waals surface area (Å²) in [5, 5.41) is 0. The lowest BCUT2D eigenvalue weighted by atomic mass is 9.83. The monoisotopic (exact) mass is 336 g/mol. The van der Waals surface area contributed by atoms with E-state index in [1.807, 2.05) is 20.8 Å². The van der Waals surface area contributed by atoms with Crippen LogP contribution < -0.4 is 4.74 Å². The van der Waals surface area contributed by atoms with E-state index in [9.17, 15) is 8.78 Å². The third-order valence-electron chi connectivity index (χ3n) is 4.54. The lowest BCUT2D eigenvalue weighted by Crippen LogP contribution is -2.23. The minimum atomic E-state index is -0.881. The first-order valence-corrected chi connectivity index (χ1v) is 9.18. The Morgan fingerprint density at radius 2 is 1.88 bits per heavy atom. The van der Waals surface area contributed by atoms with Crippen LogP contribution in [0.1, 0.15) is 78.2 Å². The Hall–Kier alpha value is -1.38. The van der Waals surface area contributed by atoms with Crippen molar-refractivity contribution in [1.82, 2.24) is 0 Å². The molecule has 1 aliphatic rings. The summed E-state index contributed by atoms with van der Waals surface area (Å²) < 4.78 is 34.3. The molecule has 0 heterocycles. The summed E-state index contributed by atoms with van der Waals surface area (Å²) in [4.78, 5) is 0. The molecule has 0 aliphatic heterocycles. The van der Waals surface area contributed by atoms with E-state index in [1.165, 1.54) is 25.7 Å². The molecule has 0 bridgehead atoms. The maximum Gasteiger partial charge on any atom is 0.201 e. The summed E-state index contributed by atoms with van der Waals surface area (Å²) in [6.45, 7) is 7.67. The average Bonchev–Trinajstić information content (AvgIpc) is 2.52. The third kappa shape index (κ3) is 5.06. The van der Waals surface area contributed by atoms with Crippen LogP contribution in [0.5, 0.6) is 5.75 Å². The fraction of sp³-hybridized carbons (Fsp3) is 0.619. The van der Waals surface area contributed by atoms with Crippen LogP contribution in [-0.4, -0.2) is 5.60 Å². The van der Waals surface area contributed by atoms with E-state index in [1.54, 1.807) is 12.1 Å². The van der Waals surface area contributed by atoms with E-state index < -0.39 is 17.2 Å². The second-order valence-electron chi connectivity index (χ2n) is 7.82. The Labute approximate surface area is 145 Å². The molecular formula is C21H30F2O. The Morgan fingerprint density at radius 1 is 1.12 bits per heavy atom. The molecule has 24 heavy (non-hydrogen) atoms. The highest BCUT2D eigenvalue weighted by Crippen LogP contribution is 2.36. The normalized spacial score (nSPS) is 18.4. The molecule has 0 saturated heterocycles. The standard InChI is InChI=1S/C21H30F2O/c1-5-6-7-8-15-9-11-16(12-10-15)17-13-14-18(20(23)19(17)22)24-21(2,3)4/h11,13-15H,5-10,12H2,1-4H3. The van der Waals surface area contributed by atoms with E-state index >= 15 is 0 Å². The second kappa shape index (κ2) is 8.13. The molecule has 0 spiro atoms. The van der Waals surface area contributed by atoms with E-state index in [0.29, 0.717) is 11.5 Å². The van der Waals surface area contributed by atoms with Crippen molar-refractivity contribution in [2.24, 2.45) is 5.92 Å². The van der Waals surface area contributed by atoms with Crippen LogP contribution in [-0.2, 0) is 0 Å². The minimum absolute atomic E-state index is 0.0161. The summed E-state index contributed by atoms with van der Waals surface area (Å²) in [7, 11) is 0. The summed E-state index contributed by atoms with van der Waals surface area (Å²) in [5.41, 5.74) is 0.770. The van der Waals surface area contributed by atoms with Crippen LogP contribution in [0.3, 0.4) is 0 Å². The molecule has 0 amide bonds.